The molecule has 1 heterocycles. The third-order valence-corrected chi connectivity index (χ3v) is 4.70. The molecule has 2 aromatic rings. The number of amides is 2. The minimum absolute atomic E-state index is 0.122. The van der Waals surface area contributed by atoms with E-state index >= 15 is 0 Å². The van der Waals surface area contributed by atoms with Crippen LogP contribution in [0.1, 0.15) is 20.7 Å². The molecule has 8 nitrogen and oxygen atoms in total. The summed E-state index contributed by atoms with van der Waals surface area (Å²) in [5.41, 5.74) is -6.24. The molecule has 1 aliphatic heterocycles. The summed E-state index contributed by atoms with van der Waals surface area (Å²) in [4.78, 5) is 25.0. The van der Waals surface area contributed by atoms with E-state index in [1.54, 1.807) is 6.07 Å². The van der Waals surface area contributed by atoms with Crippen LogP contribution in [0.25, 0.3) is 10.8 Å². The fraction of sp³-hybridized carbons (Fsp3) is 0.250. The normalized spacial score (nSPS) is 14.6. The minimum atomic E-state index is -6.23. The Labute approximate surface area is 156 Å². The van der Waals surface area contributed by atoms with E-state index in [-0.39, 0.29) is 35.5 Å². The van der Waals surface area contributed by atoms with Gasteiger partial charge >= 0.3 is 15.6 Å². The van der Waals surface area contributed by atoms with Crippen LogP contribution in [0.15, 0.2) is 30.3 Å². The number of alkyl halides is 3. The van der Waals surface area contributed by atoms with Gasteiger partial charge < -0.3 is 9.47 Å². The Morgan fingerprint density at radius 1 is 1.04 bits per heavy atom. The van der Waals surface area contributed by atoms with Crippen LogP contribution in [-0.2, 0) is 19.1 Å². The number of hydrogen-bond acceptors (Lipinski definition) is 7. The Hall–Kier alpha value is -2.70. The Morgan fingerprint density at radius 3 is 2.36 bits per heavy atom. The summed E-state index contributed by atoms with van der Waals surface area (Å²) in [5, 5.41) is 0.141. The number of nitrogens with zero attached hydrogens (tertiary/aromatic N) is 1. The SMILES string of the molecule is COCCOc1cc2c3c(cccc3c1)C(=O)N(OS(=O)(=O)C(F)(F)F)C2=O. The molecule has 3 rings (SSSR count). The van der Waals surface area contributed by atoms with Crippen molar-refractivity contribution in [2.24, 2.45) is 0 Å². The van der Waals surface area contributed by atoms with E-state index in [1.165, 1.54) is 31.4 Å². The highest BCUT2D eigenvalue weighted by Gasteiger charge is 2.51. The van der Waals surface area contributed by atoms with Crippen LogP contribution in [0.2, 0.25) is 0 Å². The first-order chi connectivity index (χ1) is 13.1. The van der Waals surface area contributed by atoms with Gasteiger partial charge in [0, 0.05) is 12.5 Å². The fourth-order valence-corrected chi connectivity index (χ4v) is 3.01. The lowest BCUT2D eigenvalue weighted by Crippen LogP contribution is -2.44. The molecule has 0 spiro atoms. The summed E-state index contributed by atoms with van der Waals surface area (Å²) in [7, 11) is -4.78. The average molecular weight is 419 g/mol. The van der Waals surface area contributed by atoms with Crippen molar-refractivity contribution in [2.75, 3.05) is 20.3 Å². The molecule has 0 atom stereocenters. The van der Waals surface area contributed by atoms with Crippen molar-refractivity contribution < 1.29 is 44.9 Å². The second-order valence-corrected chi connectivity index (χ2v) is 7.12. The first-order valence-electron chi connectivity index (χ1n) is 7.65. The van der Waals surface area contributed by atoms with Crippen LogP contribution < -0.4 is 4.74 Å². The lowest BCUT2D eigenvalue weighted by molar-refractivity contribution is -0.0761. The van der Waals surface area contributed by atoms with Gasteiger partial charge in [0.05, 0.1) is 17.7 Å². The van der Waals surface area contributed by atoms with E-state index < -0.39 is 32.5 Å². The molecule has 0 bridgehead atoms. The number of rotatable bonds is 6. The van der Waals surface area contributed by atoms with Gasteiger partial charge in [0.1, 0.15) is 12.4 Å². The fourth-order valence-electron chi connectivity index (χ4n) is 2.59. The maximum Gasteiger partial charge on any atom is 0.525 e. The maximum absolute atomic E-state index is 12.6. The molecular weight excluding hydrogens is 407 g/mol. The second kappa shape index (κ2) is 7.04. The number of methoxy groups -OCH3 is 1. The number of ether oxygens (including phenoxy) is 2. The molecule has 12 heteroatoms. The lowest BCUT2D eigenvalue weighted by atomic mass is 9.95. The molecule has 0 fully saturated rings. The summed E-state index contributed by atoms with van der Waals surface area (Å²) in [6.07, 6.45) is 0. The highest BCUT2D eigenvalue weighted by atomic mass is 32.2. The summed E-state index contributed by atoms with van der Waals surface area (Å²) < 4.78 is 74.4. The van der Waals surface area contributed by atoms with Crippen LogP contribution >= 0.6 is 0 Å². The van der Waals surface area contributed by atoms with E-state index in [1.807, 2.05) is 0 Å². The van der Waals surface area contributed by atoms with Crippen LogP contribution in [0.3, 0.4) is 0 Å². The first-order valence-corrected chi connectivity index (χ1v) is 9.06. The molecule has 2 aromatic carbocycles. The Balaban J connectivity index is 2.08. The highest BCUT2D eigenvalue weighted by molar-refractivity contribution is 7.87. The highest BCUT2D eigenvalue weighted by Crippen LogP contribution is 2.35. The first kappa shape index (κ1) is 20.0. The molecule has 0 saturated carbocycles. The quantitative estimate of drug-likeness (QED) is 0.402. The monoisotopic (exact) mass is 419 g/mol. The van der Waals surface area contributed by atoms with Gasteiger partial charge in [0.15, 0.2) is 0 Å². The predicted octanol–water partition coefficient (Wildman–Crippen LogP) is 2.24. The van der Waals surface area contributed by atoms with E-state index in [2.05, 4.69) is 4.28 Å². The topological polar surface area (TPSA) is 99.2 Å². The number of halogens is 3. The zero-order valence-electron chi connectivity index (χ0n) is 14.1. The van der Waals surface area contributed by atoms with Crippen molar-refractivity contribution in [1.82, 2.24) is 5.06 Å². The third-order valence-electron chi connectivity index (χ3n) is 3.79. The molecule has 28 heavy (non-hydrogen) atoms. The van der Waals surface area contributed by atoms with E-state index in [4.69, 9.17) is 9.47 Å². The Morgan fingerprint density at radius 2 is 1.71 bits per heavy atom. The van der Waals surface area contributed by atoms with Crippen molar-refractivity contribution in [3.05, 3.63) is 41.5 Å². The molecule has 150 valence electrons. The van der Waals surface area contributed by atoms with Crippen LogP contribution in [0.4, 0.5) is 13.2 Å². The van der Waals surface area contributed by atoms with E-state index in [0.717, 1.165) is 0 Å². The number of hydrogen-bond donors (Lipinski definition) is 0. The van der Waals surface area contributed by atoms with Gasteiger partial charge in [-0.05, 0) is 23.6 Å². The zero-order chi connectivity index (χ0) is 20.7. The van der Waals surface area contributed by atoms with Crippen LogP contribution in [0, 0.1) is 0 Å². The standard InChI is InChI=1S/C16H12F3NO7S/c1-25-5-6-26-10-7-9-3-2-4-11-13(9)12(8-10)15(22)20(14(11)21)27-28(23,24)16(17,18)19/h2-4,7-8H,5-6H2,1H3. The van der Waals surface area contributed by atoms with Crippen molar-refractivity contribution in [1.29, 1.82) is 0 Å². The minimum Gasteiger partial charge on any atom is -0.491 e. The predicted molar refractivity (Wildman–Crippen MR) is 87.9 cm³/mol. The van der Waals surface area contributed by atoms with E-state index in [0.29, 0.717) is 5.39 Å². The molecule has 0 aromatic heterocycles. The molecule has 0 aliphatic carbocycles. The number of carbonyl (C=O) groups is 2. The molecule has 2 amide bonds. The van der Waals surface area contributed by atoms with Crippen molar-refractivity contribution >= 4 is 32.7 Å². The molecule has 1 aliphatic rings. The van der Waals surface area contributed by atoms with Crippen molar-refractivity contribution in [3.8, 4) is 5.75 Å². The largest absolute Gasteiger partial charge is 0.525 e. The number of benzene rings is 2. The average Bonchev–Trinajstić information content (AvgIpc) is 2.62. The molecule has 0 radical (unpaired) electrons. The van der Waals surface area contributed by atoms with Gasteiger partial charge in [-0.3, -0.25) is 9.59 Å². The Bertz CT molecular complexity index is 1070. The zero-order valence-corrected chi connectivity index (χ0v) is 15.0. The van der Waals surface area contributed by atoms with Gasteiger partial charge in [-0.25, -0.2) is 0 Å². The Kier molecular flexibility index (Phi) is 5.04. The van der Waals surface area contributed by atoms with Gasteiger partial charge in [0.25, 0.3) is 11.8 Å². The van der Waals surface area contributed by atoms with Crippen molar-refractivity contribution in [3.63, 3.8) is 0 Å². The van der Waals surface area contributed by atoms with Crippen molar-refractivity contribution in [2.45, 2.75) is 5.51 Å². The summed E-state index contributed by atoms with van der Waals surface area (Å²) >= 11 is 0. The van der Waals surface area contributed by atoms with Gasteiger partial charge in [-0.15, -0.1) is 9.35 Å². The molecular formula is C16H12F3NO7S. The lowest BCUT2D eigenvalue weighted by Gasteiger charge is -2.26. The number of hydroxylamine groups is 2. The number of carbonyl (C=O) groups excluding carboxylic acids is 2. The maximum atomic E-state index is 12.6. The van der Waals surface area contributed by atoms with Crippen LogP contribution in [0.5, 0.6) is 5.75 Å². The van der Waals surface area contributed by atoms with Crippen LogP contribution in [-0.4, -0.2) is 51.1 Å². The van der Waals surface area contributed by atoms with E-state index in [9.17, 15) is 31.2 Å². The smallest absolute Gasteiger partial charge is 0.491 e. The van der Waals surface area contributed by atoms with Gasteiger partial charge in [-0.2, -0.15) is 21.6 Å². The summed E-state index contributed by atoms with van der Waals surface area (Å²) in [6, 6.07) is 6.94. The van der Waals surface area contributed by atoms with Gasteiger partial charge in [-0.1, -0.05) is 12.1 Å². The molecule has 0 N–H and O–H groups in total. The summed E-state index contributed by atoms with van der Waals surface area (Å²) in [6.45, 7) is 0.357. The molecule has 0 unspecified atom stereocenters. The molecule has 0 saturated heterocycles. The number of imide groups is 1. The second-order valence-electron chi connectivity index (χ2n) is 5.59. The van der Waals surface area contributed by atoms with Gasteiger partial charge in [0.2, 0.25) is 0 Å². The summed E-state index contributed by atoms with van der Waals surface area (Å²) in [5.74, 6) is -2.51. The third kappa shape index (κ3) is 3.41.